The van der Waals surface area contributed by atoms with E-state index in [0.717, 1.165) is 0 Å². The van der Waals surface area contributed by atoms with Crippen LogP contribution in [-0.2, 0) is 14.9 Å². The molecule has 0 fully saturated rings. The summed E-state index contributed by atoms with van der Waals surface area (Å²) in [5.74, 6) is -0.195. The maximum Gasteiger partial charge on any atom is 0.339 e. The first kappa shape index (κ1) is 14.1. The van der Waals surface area contributed by atoms with Crippen LogP contribution in [0.5, 0.6) is 11.5 Å². The second kappa shape index (κ2) is 5.75. The molecule has 0 aliphatic heterocycles. The molecule has 0 saturated carbocycles. The van der Waals surface area contributed by atoms with E-state index in [9.17, 15) is 13.2 Å². The largest absolute Gasteiger partial charge is 0.427 e. The topological polar surface area (TPSA) is 69.7 Å². The van der Waals surface area contributed by atoms with Crippen molar-refractivity contribution in [2.45, 2.75) is 11.8 Å². The standard InChI is InChI=1S/C14H12O5S/c1-11(15)18-12-6-5-7-13(10-12)19-20(16,17)14-8-3-2-4-9-14/h2-10H,1H3. The summed E-state index contributed by atoms with van der Waals surface area (Å²) in [5, 5.41) is 0. The van der Waals surface area contributed by atoms with Crippen molar-refractivity contribution in [3.8, 4) is 11.5 Å². The van der Waals surface area contributed by atoms with Crippen LogP contribution in [0.15, 0.2) is 59.5 Å². The van der Waals surface area contributed by atoms with Gasteiger partial charge in [0.2, 0.25) is 0 Å². The molecule has 0 bridgehead atoms. The zero-order chi connectivity index (χ0) is 14.6. The molecule has 0 spiro atoms. The molecule has 0 heterocycles. The van der Waals surface area contributed by atoms with Crippen LogP contribution in [0.4, 0.5) is 0 Å². The fourth-order valence-corrected chi connectivity index (χ4v) is 2.46. The molecule has 0 radical (unpaired) electrons. The molecular formula is C14H12O5S. The molecule has 5 nitrogen and oxygen atoms in total. The summed E-state index contributed by atoms with van der Waals surface area (Å²) in [4.78, 5) is 10.9. The molecule has 0 saturated heterocycles. The lowest BCUT2D eigenvalue weighted by molar-refractivity contribution is -0.131. The quantitative estimate of drug-likeness (QED) is 0.491. The Kier molecular flexibility index (Phi) is 4.05. The van der Waals surface area contributed by atoms with E-state index >= 15 is 0 Å². The van der Waals surface area contributed by atoms with Gasteiger partial charge in [0, 0.05) is 13.0 Å². The molecule has 0 amide bonds. The monoisotopic (exact) mass is 292 g/mol. The molecule has 6 heteroatoms. The smallest absolute Gasteiger partial charge is 0.339 e. The molecule has 0 unspecified atom stereocenters. The fourth-order valence-electron chi connectivity index (χ4n) is 1.52. The fraction of sp³-hybridized carbons (Fsp3) is 0.0714. The molecule has 0 aromatic heterocycles. The van der Waals surface area contributed by atoms with Crippen molar-refractivity contribution in [1.29, 1.82) is 0 Å². The Morgan fingerprint density at radius 3 is 2.25 bits per heavy atom. The van der Waals surface area contributed by atoms with Crippen LogP contribution in [0.3, 0.4) is 0 Å². The summed E-state index contributed by atoms with van der Waals surface area (Å²) in [5.41, 5.74) is 0. The van der Waals surface area contributed by atoms with Crippen LogP contribution in [0.1, 0.15) is 6.92 Å². The first-order valence-electron chi connectivity index (χ1n) is 5.75. The summed E-state index contributed by atoms with van der Waals surface area (Å²) in [6.45, 7) is 1.26. The van der Waals surface area contributed by atoms with E-state index in [4.69, 9.17) is 8.92 Å². The van der Waals surface area contributed by atoms with Crippen LogP contribution in [0.2, 0.25) is 0 Å². The van der Waals surface area contributed by atoms with E-state index in [2.05, 4.69) is 0 Å². The van der Waals surface area contributed by atoms with Gasteiger partial charge in [-0.25, -0.2) is 0 Å². The van der Waals surface area contributed by atoms with Crippen molar-refractivity contribution in [2.75, 3.05) is 0 Å². The number of carbonyl (C=O) groups is 1. The lowest BCUT2D eigenvalue weighted by atomic mass is 10.3. The molecular weight excluding hydrogens is 280 g/mol. The van der Waals surface area contributed by atoms with E-state index in [0.29, 0.717) is 0 Å². The normalized spacial score (nSPS) is 10.8. The number of benzene rings is 2. The first-order chi connectivity index (χ1) is 9.47. The van der Waals surface area contributed by atoms with Crippen molar-refractivity contribution in [2.24, 2.45) is 0 Å². The second-order valence-corrected chi connectivity index (χ2v) is 5.47. The van der Waals surface area contributed by atoms with Gasteiger partial charge in [0.15, 0.2) is 0 Å². The first-order valence-corrected chi connectivity index (χ1v) is 7.16. The summed E-state index contributed by atoms with van der Waals surface area (Å²) in [7, 11) is -3.90. The Labute approximate surface area is 116 Å². The number of rotatable bonds is 4. The highest BCUT2D eigenvalue weighted by Crippen LogP contribution is 2.23. The van der Waals surface area contributed by atoms with Gasteiger partial charge in [0.25, 0.3) is 0 Å². The average Bonchev–Trinajstić information content (AvgIpc) is 2.39. The van der Waals surface area contributed by atoms with Crippen molar-refractivity contribution in [3.63, 3.8) is 0 Å². The van der Waals surface area contributed by atoms with E-state index in [1.807, 2.05) is 0 Å². The Bertz CT molecular complexity index is 707. The van der Waals surface area contributed by atoms with Gasteiger partial charge in [-0.05, 0) is 24.3 Å². The zero-order valence-electron chi connectivity index (χ0n) is 10.6. The average molecular weight is 292 g/mol. The predicted octanol–water partition coefficient (Wildman–Crippen LogP) is 2.38. The van der Waals surface area contributed by atoms with E-state index in [-0.39, 0.29) is 16.4 Å². The van der Waals surface area contributed by atoms with Gasteiger partial charge < -0.3 is 8.92 Å². The molecule has 0 aliphatic carbocycles. The van der Waals surface area contributed by atoms with E-state index in [1.165, 1.54) is 43.3 Å². The molecule has 0 aliphatic rings. The van der Waals surface area contributed by atoms with Crippen LogP contribution in [0.25, 0.3) is 0 Å². The van der Waals surface area contributed by atoms with Gasteiger partial charge in [-0.15, -0.1) is 0 Å². The third-order valence-electron chi connectivity index (χ3n) is 2.30. The summed E-state index contributed by atoms with van der Waals surface area (Å²) >= 11 is 0. The summed E-state index contributed by atoms with van der Waals surface area (Å²) in [6.07, 6.45) is 0. The Morgan fingerprint density at radius 1 is 0.950 bits per heavy atom. The molecule has 0 N–H and O–H groups in total. The minimum Gasteiger partial charge on any atom is -0.427 e. The highest BCUT2D eigenvalue weighted by molar-refractivity contribution is 7.87. The molecule has 2 aromatic carbocycles. The Balaban J connectivity index is 2.24. The van der Waals surface area contributed by atoms with E-state index in [1.54, 1.807) is 18.2 Å². The minimum absolute atomic E-state index is 0.0536. The highest BCUT2D eigenvalue weighted by atomic mass is 32.2. The van der Waals surface area contributed by atoms with Crippen LogP contribution >= 0.6 is 0 Å². The maximum atomic E-state index is 12.0. The van der Waals surface area contributed by atoms with E-state index < -0.39 is 16.1 Å². The van der Waals surface area contributed by atoms with Gasteiger partial charge >= 0.3 is 16.1 Å². The van der Waals surface area contributed by atoms with Gasteiger partial charge in [0.1, 0.15) is 16.4 Å². The maximum absolute atomic E-state index is 12.0. The molecule has 2 rings (SSSR count). The predicted molar refractivity (Wildman–Crippen MR) is 72.0 cm³/mol. The third kappa shape index (κ3) is 3.58. The number of hydrogen-bond acceptors (Lipinski definition) is 5. The number of ether oxygens (including phenoxy) is 1. The molecule has 20 heavy (non-hydrogen) atoms. The van der Waals surface area contributed by atoms with Crippen LogP contribution in [0, 0.1) is 0 Å². The number of carbonyl (C=O) groups excluding carboxylic acids is 1. The van der Waals surface area contributed by atoms with Crippen molar-refractivity contribution in [3.05, 3.63) is 54.6 Å². The highest BCUT2D eigenvalue weighted by Gasteiger charge is 2.16. The van der Waals surface area contributed by atoms with Crippen molar-refractivity contribution in [1.82, 2.24) is 0 Å². The SMILES string of the molecule is CC(=O)Oc1cccc(OS(=O)(=O)c2ccccc2)c1. The molecule has 0 atom stereocenters. The van der Waals surface area contributed by atoms with Crippen molar-refractivity contribution >= 4 is 16.1 Å². The van der Waals surface area contributed by atoms with Gasteiger partial charge in [-0.2, -0.15) is 8.42 Å². The van der Waals surface area contributed by atoms with Gasteiger partial charge in [-0.1, -0.05) is 24.3 Å². The minimum atomic E-state index is -3.90. The van der Waals surface area contributed by atoms with Crippen LogP contribution in [-0.4, -0.2) is 14.4 Å². The second-order valence-electron chi connectivity index (χ2n) is 3.92. The summed E-state index contributed by atoms with van der Waals surface area (Å²) < 4.78 is 33.9. The Hall–Kier alpha value is -2.34. The molecule has 2 aromatic rings. The van der Waals surface area contributed by atoms with Gasteiger partial charge in [-0.3, -0.25) is 4.79 Å². The number of esters is 1. The lowest BCUT2D eigenvalue weighted by Gasteiger charge is -2.08. The number of hydrogen-bond donors (Lipinski definition) is 0. The van der Waals surface area contributed by atoms with Crippen molar-refractivity contribution < 1.29 is 22.1 Å². The lowest BCUT2D eigenvalue weighted by Crippen LogP contribution is -2.09. The Morgan fingerprint density at radius 2 is 1.60 bits per heavy atom. The zero-order valence-corrected chi connectivity index (χ0v) is 11.5. The van der Waals surface area contributed by atoms with Crippen LogP contribution < -0.4 is 8.92 Å². The third-order valence-corrected chi connectivity index (χ3v) is 3.57. The summed E-state index contributed by atoms with van der Waals surface area (Å²) in [6, 6.07) is 13.7. The van der Waals surface area contributed by atoms with Gasteiger partial charge in [0.05, 0.1) is 0 Å². The molecule has 104 valence electrons.